The molecule has 0 heterocycles. The molecule has 0 bridgehead atoms. The van der Waals surface area contributed by atoms with Gasteiger partial charge in [-0.3, -0.25) is 9.59 Å². The molecule has 4 aliphatic carbocycles. The quantitative estimate of drug-likeness (QED) is 0.738. The molecule has 4 aliphatic rings. The molecule has 0 aromatic rings. The zero-order valence-corrected chi connectivity index (χ0v) is 14.4. The molecule has 0 amide bonds. The Labute approximate surface area is 138 Å². The van der Waals surface area contributed by atoms with Crippen molar-refractivity contribution in [2.24, 2.45) is 28.6 Å². The number of Topliss-reactive ketones (excluding diaryl/α,β-unsaturated/α-hetero) is 1. The molecule has 23 heavy (non-hydrogen) atoms. The Kier molecular flexibility index (Phi) is 3.17. The lowest BCUT2D eigenvalue weighted by molar-refractivity contribution is -0.118. The molecule has 0 radical (unpaired) electrons. The minimum atomic E-state index is -0.154. The highest BCUT2D eigenvalue weighted by Gasteiger charge is 2.59. The van der Waals surface area contributed by atoms with Crippen LogP contribution >= 0.6 is 0 Å². The molecule has 3 nitrogen and oxygen atoms in total. The highest BCUT2D eigenvalue weighted by atomic mass is 16.5. The number of hydrogen-bond donors (Lipinski definition) is 0. The van der Waals surface area contributed by atoms with Crippen LogP contribution in [-0.2, 0) is 14.3 Å². The zero-order valence-electron chi connectivity index (χ0n) is 14.4. The number of ether oxygens (including phenoxy) is 1. The second-order valence-electron chi connectivity index (χ2n) is 8.51. The topological polar surface area (TPSA) is 43.4 Å². The predicted octanol–water partition coefficient (Wildman–Crippen LogP) is 3.84. The molecule has 3 fully saturated rings. The fraction of sp³-hybridized carbons (Fsp3) is 0.700. The summed E-state index contributed by atoms with van der Waals surface area (Å²) in [6.45, 7) is 4.58. The molecule has 0 saturated heterocycles. The summed E-state index contributed by atoms with van der Waals surface area (Å²) in [5.41, 5.74) is 1.30. The Hall–Kier alpha value is -1.38. The second-order valence-corrected chi connectivity index (χ2v) is 8.51. The molecule has 3 saturated carbocycles. The van der Waals surface area contributed by atoms with Gasteiger partial charge < -0.3 is 4.74 Å². The van der Waals surface area contributed by atoms with Crippen molar-refractivity contribution in [1.82, 2.24) is 0 Å². The van der Waals surface area contributed by atoms with Crippen LogP contribution in [-0.4, -0.2) is 18.7 Å². The Bertz CT molecular complexity index is 625. The zero-order chi connectivity index (χ0) is 16.4. The maximum absolute atomic E-state index is 12.1. The summed E-state index contributed by atoms with van der Waals surface area (Å²) in [5, 5.41) is 0. The molecule has 0 unspecified atom stereocenters. The van der Waals surface area contributed by atoms with Crippen molar-refractivity contribution in [1.29, 1.82) is 0 Å². The van der Waals surface area contributed by atoms with Crippen LogP contribution < -0.4 is 0 Å². The molecule has 3 heteroatoms. The van der Waals surface area contributed by atoms with Gasteiger partial charge in [0.25, 0.3) is 0 Å². The van der Waals surface area contributed by atoms with Crippen LogP contribution in [0, 0.1) is 28.6 Å². The van der Waals surface area contributed by atoms with Gasteiger partial charge in [-0.05, 0) is 61.9 Å². The van der Waals surface area contributed by atoms with E-state index in [-0.39, 0.29) is 16.6 Å². The van der Waals surface area contributed by atoms with Gasteiger partial charge in [-0.15, -0.1) is 0 Å². The second kappa shape index (κ2) is 4.81. The average molecular weight is 314 g/mol. The standard InChI is InChI=1S/C20H26O3/c1-19-7-6-16-15(17(19)9-14(22)11-19)5-4-12-8-13(21)10-18(23-3)20(12,16)2/h8,10,15-17H,4-7,9,11H2,1-3H3/t15-,16+,17+,19-,20+/m1/s1. The van der Waals surface area contributed by atoms with Crippen LogP contribution in [0.3, 0.4) is 0 Å². The van der Waals surface area contributed by atoms with Crippen LogP contribution in [0.5, 0.6) is 0 Å². The van der Waals surface area contributed by atoms with Crippen LogP contribution in [0.4, 0.5) is 0 Å². The number of ketones is 2. The highest BCUT2D eigenvalue weighted by molar-refractivity contribution is 6.01. The van der Waals surface area contributed by atoms with Crippen molar-refractivity contribution in [3.63, 3.8) is 0 Å². The molecule has 0 spiro atoms. The summed E-state index contributed by atoms with van der Waals surface area (Å²) in [6, 6.07) is 0. The van der Waals surface area contributed by atoms with Gasteiger partial charge in [0.15, 0.2) is 5.78 Å². The smallest absolute Gasteiger partial charge is 0.182 e. The number of fused-ring (bicyclic) bond motifs is 5. The first-order valence-corrected chi connectivity index (χ1v) is 8.91. The number of rotatable bonds is 1. The molecule has 0 aliphatic heterocycles. The monoisotopic (exact) mass is 314 g/mol. The number of allylic oxidation sites excluding steroid dienone is 3. The van der Waals surface area contributed by atoms with Crippen molar-refractivity contribution in [3.8, 4) is 0 Å². The van der Waals surface area contributed by atoms with E-state index in [2.05, 4.69) is 13.8 Å². The maximum Gasteiger partial charge on any atom is 0.182 e. The average Bonchev–Trinajstić information content (AvgIpc) is 2.81. The number of carbonyl (C=O) groups is 2. The molecule has 0 aromatic heterocycles. The van der Waals surface area contributed by atoms with Crippen molar-refractivity contribution >= 4 is 11.6 Å². The summed E-state index contributed by atoms with van der Waals surface area (Å²) >= 11 is 0. The van der Waals surface area contributed by atoms with E-state index in [1.807, 2.05) is 6.08 Å². The Morgan fingerprint density at radius 1 is 1.13 bits per heavy atom. The first kappa shape index (κ1) is 15.2. The largest absolute Gasteiger partial charge is 0.500 e. The summed E-state index contributed by atoms with van der Waals surface area (Å²) in [6.07, 6.45) is 9.39. The van der Waals surface area contributed by atoms with Crippen molar-refractivity contribution in [3.05, 3.63) is 23.5 Å². The van der Waals surface area contributed by atoms with Crippen LogP contribution in [0.1, 0.15) is 52.4 Å². The lowest BCUT2D eigenvalue weighted by Crippen LogP contribution is -2.50. The molecule has 0 aromatic carbocycles. The predicted molar refractivity (Wildman–Crippen MR) is 87.6 cm³/mol. The first-order valence-electron chi connectivity index (χ1n) is 8.91. The van der Waals surface area contributed by atoms with E-state index in [9.17, 15) is 9.59 Å². The van der Waals surface area contributed by atoms with E-state index in [4.69, 9.17) is 4.74 Å². The van der Waals surface area contributed by atoms with Gasteiger partial charge in [-0.25, -0.2) is 0 Å². The van der Waals surface area contributed by atoms with E-state index in [0.29, 0.717) is 23.5 Å². The summed E-state index contributed by atoms with van der Waals surface area (Å²) in [5.74, 6) is 2.93. The molecule has 0 N–H and O–H groups in total. The lowest BCUT2D eigenvalue weighted by Gasteiger charge is -2.56. The van der Waals surface area contributed by atoms with Gasteiger partial charge in [0.05, 0.1) is 7.11 Å². The van der Waals surface area contributed by atoms with Gasteiger partial charge in [0.2, 0.25) is 0 Å². The third kappa shape index (κ3) is 1.95. The van der Waals surface area contributed by atoms with Gasteiger partial charge in [-0.2, -0.15) is 0 Å². The third-order valence-electron chi connectivity index (χ3n) is 7.48. The fourth-order valence-electron chi connectivity index (χ4n) is 6.33. The van der Waals surface area contributed by atoms with E-state index in [1.54, 1.807) is 13.2 Å². The number of hydrogen-bond acceptors (Lipinski definition) is 3. The van der Waals surface area contributed by atoms with Gasteiger partial charge in [0, 0.05) is 24.3 Å². The number of methoxy groups -OCH3 is 1. The maximum atomic E-state index is 12.1. The molecular weight excluding hydrogens is 288 g/mol. The molecule has 4 rings (SSSR count). The van der Waals surface area contributed by atoms with E-state index in [1.165, 1.54) is 5.57 Å². The van der Waals surface area contributed by atoms with Gasteiger partial charge in [-0.1, -0.05) is 12.5 Å². The minimum Gasteiger partial charge on any atom is -0.500 e. The Balaban J connectivity index is 1.75. The van der Waals surface area contributed by atoms with E-state index < -0.39 is 0 Å². The summed E-state index contributed by atoms with van der Waals surface area (Å²) in [4.78, 5) is 24.1. The lowest BCUT2D eigenvalue weighted by atomic mass is 9.48. The Morgan fingerprint density at radius 2 is 1.91 bits per heavy atom. The van der Waals surface area contributed by atoms with Crippen molar-refractivity contribution < 1.29 is 14.3 Å². The molecule has 124 valence electrons. The van der Waals surface area contributed by atoms with Crippen molar-refractivity contribution in [2.75, 3.05) is 7.11 Å². The normalized spacial score (nSPS) is 45.6. The molecule has 5 atom stereocenters. The summed E-state index contributed by atoms with van der Waals surface area (Å²) in [7, 11) is 1.68. The van der Waals surface area contributed by atoms with Crippen molar-refractivity contribution in [2.45, 2.75) is 52.4 Å². The first-order chi connectivity index (χ1) is 10.9. The van der Waals surface area contributed by atoms with Crippen LogP contribution in [0.25, 0.3) is 0 Å². The van der Waals surface area contributed by atoms with E-state index >= 15 is 0 Å². The highest BCUT2D eigenvalue weighted by Crippen LogP contribution is 2.65. The third-order valence-corrected chi connectivity index (χ3v) is 7.48. The molecular formula is C20H26O3. The Morgan fingerprint density at radius 3 is 2.65 bits per heavy atom. The van der Waals surface area contributed by atoms with Crippen LogP contribution in [0.15, 0.2) is 23.5 Å². The summed E-state index contributed by atoms with van der Waals surface area (Å²) < 4.78 is 5.67. The SMILES string of the molecule is COC1=CC(=O)C=C2CC[C@H]3[C@@H]4CC(=O)C[C@@]4(C)CC[C@@H]3[C@]21C. The van der Waals surface area contributed by atoms with Gasteiger partial charge >= 0.3 is 0 Å². The van der Waals surface area contributed by atoms with Gasteiger partial charge in [0.1, 0.15) is 11.5 Å². The minimum absolute atomic E-state index is 0.0597. The van der Waals surface area contributed by atoms with Crippen LogP contribution in [0.2, 0.25) is 0 Å². The fourth-order valence-corrected chi connectivity index (χ4v) is 6.33. The number of carbonyl (C=O) groups excluding carboxylic acids is 2. The van der Waals surface area contributed by atoms with E-state index in [0.717, 1.165) is 44.3 Å².